The first-order valence-corrected chi connectivity index (χ1v) is 4.49. The SMILES string of the molecule is CCCC(C)C=CC(C)C(=O)O. The van der Waals surface area contributed by atoms with Crippen LogP contribution in [0.25, 0.3) is 0 Å². The van der Waals surface area contributed by atoms with Gasteiger partial charge in [-0.15, -0.1) is 0 Å². The molecule has 0 rings (SSSR count). The van der Waals surface area contributed by atoms with Crippen molar-refractivity contribution in [3.05, 3.63) is 12.2 Å². The molecular weight excluding hydrogens is 152 g/mol. The molecule has 0 radical (unpaired) electrons. The summed E-state index contributed by atoms with van der Waals surface area (Å²) in [6.07, 6.45) is 6.03. The van der Waals surface area contributed by atoms with Crippen LogP contribution in [0, 0.1) is 11.8 Å². The molecule has 70 valence electrons. The van der Waals surface area contributed by atoms with Crippen molar-refractivity contribution in [1.29, 1.82) is 0 Å². The van der Waals surface area contributed by atoms with Crippen molar-refractivity contribution in [2.24, 2.45) is 11.8 Å². The Bertz CT molecular complexity index is 161. The fourth-order valence-corrected chi connectivity index (χ4v) is 0.990. The Hall–Kier alpha value is -0.790. The van der Waals surface area contributed by atoms with E-state index >= 15 is 0 Å². The Morgan fingerprint density at radius 2 is 2.00 bits per heavy atom. The highest BCUT2D eigenvalue weighted by molar-refractivity contribution is 5.71. The fourth-order valence-electron chi connectivity index (χ4n) is 0.990. The third-order valence-corrected chi connectivity index (χ3v) is 1.86. The van der Waals surface area contributed by atoms with Gasteiger partial charge in [-0.3, -0.25) is 4.79 Å². The second-order valence-electron chi connectivity index (χ2n) is 3.28. The lowest BCUT2D eigenvalue weighted by Gasteiger charge is -2.03. The summed E-state index contributed by atoms with van der Waals surface area (Å²) in [4.78, 5) is 10.4. The molecule has 0 aliphatic carbocycles. The molecule has 12 heavy (non-hydrogen) atoms. The lowest BCUT2D eigenvalue weighted by atomic mass is 10.0. The van der Waals surface area contributed by atoms with Crippen LogP contribution in [0.3, 0.4) is 0 Å². The maximum atomic E-state index is 10.4. The molecule has 2 heteroatoms. The number of hydrogen-bond acceptors (Lipinski definition) is 1. The van der Waals surface area contributed by atoms with E-state index in [9.17, 15) is 4.79 Å². The molecule has 2 unspecified atom stereocenters. The molecule has 0 aliphatic rings. The highest BCUT2D eigenvalue weighted by Crippen LogP contribution is 2.08. The summed E-state index contributed by atoms with van der Waals surface area (Å²) >= 11 is 0. The third-order valence-electron chi connectivity index (χ3n) is 1.86. The summed E-state index contributed by atoms with van der Waals surface area (Å²) in [5, 5.41) is 8.57. The van der Waals surface area contributed by atoms with Crippen molar-refractivity contribution in [1.82, 2.24) is 0 Å². The Morgan fingerprint density at radius 3 is 2.42 bits per heavy atom. The molecule has 2 nitrogen and oxygen atoms in total. The van der Waals surface area contributed by atoms with Gasteiger partial charge in [0.1, 0.15) is 0 Å². The van der Waals surface area contributed by atoms with Gasteiger partial charge in [-0.2, -0.15) is 0 Å². The monoisotopic (exact) mass is 170 g/mol. The normalized spacial score (nSPS) is 16.2. The van der Waals surface area contributed by atoms with Crippen molar-refractivity contribution in [3.63, 3.8) is 0 Å². The average molecular weight is 170 g/mol. The van der Waals surface area contributed by atoms with Crippen LogP contribution in [0.15, 0.2) is 12.2 Å². The van der Waals surface area contributed by atoms with Crippen LogP contribution >= 0.6 is 0 Å². The topological polar surface area (TPSA) is 37.3 Å². The molecule has 0 aromatic heterocycles. The largest absolute Gasteiger partial charge is 0.481 e. The van der Waals surface area contributed by atoms with E-state index in [0.717, 1.165) is 12.8 Å². The minimum Gasteiger partial charge on any atom is -0.481 e. The van der Waals surface area contributed by atoms with Crippen LogP contribution in [0.5, 0.6) is 0 Å². The highest BCUT2D eigenvalue weighted by Gasteiger charge is 2.05. The summed E-state index contributed by atoms with van der Waals surface area (Å²) in [6.45, 7) is 5.93. The quantitative estimate of drug-likeness (QED) is 0.644. The van der Waals surface area contributed by atoms with E-state index in [0.29, 0.717) is 5.92 Å². The van der Waals surface area contributed by atoms with Gasteiger partial charge in [-0.25, -0.2) is 0 Å². The molecule has 0 aromatic carbocycles. The zero-order valence-electron chi connectivity index (χ0n) is 8.08. The molecule has 0 amide bonds. The van der Waals surface area contributed by atoms with E-state index in [4.69, 9.17) is 5.11 Å². The van der Waals surface area contributed by atoms with Gasteiger partial charge >= 0.3 is 5.97 Å². The van der Waals surface area contributed by atoms with Gasteiger partial charge in [-0.1, -0.05) is 32.4 Å². The smallest absolute Gasteiger partial charge is 0.310 e. The van der Waals surface area contributed by atoms with E-state index in [1.165, 1.54) is 0 Å². The summed E-state index contributed by atoms with van der Waals surface area (Å²) in [6, 6.07) is 0. The number of carboxylic acid groups (broad SMARTS) is 1. The number of rotatable bonds is 5. The molecule has 0 fully saturated rings. The van der Waals surface area contributed by atoms with Crippen molar-refractivity contribution >= 4 is 5.97 Å². The number of carbonyl (C=O) groups is 1. The molecule has 1 N–H and O–H groups in total. The summed E-state index contributed by atoms with van der Waals surface area (Å²) in [5.41, 5.74) is 0. The van der Waals surface area contributed by atoms with E-state index in [1.807, 2.05) is 6.08 Å². The van der Waals surface area contributed by atoms with E-state index in [2.05, 4.69) is 13.8 Å². The van der Waals surface area contributed by atoms with Gasteiger partial charge in [-0.05, 0) is 19.3 Å². The highest BCUT2D eigenvalue weighted by atomic mass is 16.4. The first-order valence-electron chi connectivity index (χ1n) is 4.49. The maximum absolute atomic E-state index is 10.4. The third kappa shape index (κ3) is 4.94. The molecule has 0 saturated heterocycles. The average Bonchev–Trinajstić information content (AvgIpc) is 2.00. The zero-order chi connectivity index (χ0) is 9.56. The van der Waals surface area contributed by atoms with Crippen LogP contribution in [0.2, 0.25) is 0 Å². The van der Waals surface area contributed by atoms with Crippen LogP contribution in [0.4, 0.5) is 0 Å². The molecule has 0 bridgehead atoms. The first-order chi connectivity index (χ1) is 5.57. The molecule has 0 heterocycles. The van der Waals surface area contributed by atoms with Gasteiger partial charge in [0.05, 0.1) is 5.92 Å². The Balaban J connectivity index is 3.80. The van der Waals surface area contributed by atoms with Crippen LogP contribution < -0.4 is 0 Å². The number of hydrogen-bond donors (Lipinski definition) is 1. The van der Waals surface area contributed by atoms with Crippen LogP contribution in [-0.4, -0.2) is 11.1 Å². The van der Waals surface area contributed by atoms with Crippen molar-refractivity contribution < 1.29 is 9.90 Å². The number of carboxylic acids is 1. The molecule has 2 atom stereocenters. The molecule has 0 aromatic rings. The van der Waals surface area contributed by atoms with Crippen molar-refractivity contribution in [2.45, 2.75) is 33.6 Å². The Morgan fingerprint density at radius 1 is 1.42 bits per heavy atom. The maximum Gasteiger partial charge on any atom is 0.310 e. The second kappa shape index (κ2) is 5.81. The first kappa shape index (κ1) is 11.2. The van der Waals surface area contributed by atoms with Crippen molar-refractivity contribution in [3.8, 4) is 0 Å². The Labute approximate surface area is 74.3 Å². The minimum absolute atomic E-state index is 0.357. The Kier molecular flexibility index (Phi) is 5.43. The predicted octanol–water partition coefficient (Wildman–Crippen LogP) is 2.70. The van der Waals surface area contributed by atoms with E-state index in [-0.39, 0.29) is 5.92 Å². The molecular formula is C10H18O2. The van der Waals surface area contributed by atoms with Gasteiger partial charge in [0.25, 0.3) is 0 Å². The molecule has 0 aliphatic heterocycles. The summed E-state index contributed by atoms with van der Waals surface area (Å²) < 4.78 is 0. The lowest BCUT2D eigenvalue weighted by Crippen LogP contribution is -2.06. The van der Waals surface area contributed by atoms with Gasteiger partial charge in [0, 0.05) is 0 Å². The molecule has 0 spiro atoms. The fraction of sp³-hybridized carbons (Fsp3) is 0.700. The van der Waals surface area contributed by atoms with Crippen molar-refractivity contribution in [2.75, 3.05) is 0 Å². The molecule has 0 saturated carbocycles. The second-order valence-corrected chi connectivity index (χ2v) is 3.28. The van der Waals surface area contributed by atoms with Gasteiger partial charge < -0.3 is 5.11 Å². The minimum atomic E-state index is -0.755. The predicted molar refractivity (Wildman–Crippen MR) is 50.0 cm³/mol. The lowest BCUT2D eigenvalue weighted by molar-refractivity contribution is -0.139. The zero-order valence-corrected chi connectivity index (χ0v) is 8.08. The van der Waals surface area contributed by atoms with Crippen LogP contribution in [0.1, 0.15) is 33.6 Å². The summed E-state index contributed by atoms with van der Waals surface area (Å²) in [5.74, 6) is -0.615. The van der Waals surface area contributed by atoms with Gasteiger partial charge in [0.2, 0.25) is 0 Å². The van der Waals surface area contributed by atoms with Gasteiger partial charge in [0.15, 0.2) is 0 Å². The standard InChI is InChI=1S/C10H18O2/c1-4-5-8(2)6-7-9(3)10(11)12/h6-9H,4-5H2,1-3H3,(H,11,12). The van der Waals surface area contributed by atoms with E-state index < -0.39 is 5.97 Å². The number of allylic oxidation sites excluding steroid dienone is 1. The van der Waals surface area contributed by atoms with Crippen LogP contribution in [-0.2, 0) is 4.79 Å². The number of aliphatic carboxylic acids is 1. The van der Waals surface area contributed by atoms with E-state index in [1.54, 1.807) is 13.0 Å². The summed E-state index contributed by atoms with van der Waals surface area (Å²) in [7, 11) is 0.